The fraction of sp³-hybridized carbons (Fsp3) is 0.769. The number of hydrogen-bond donors (Lipinski definition) is 3. The normalized spacial score (nSPS) is 18.8. The van der Waals surface area contributed by atoms with E-state index >= 15 is 0 Å². The van der Waals surface area contributed by atoms with Gasteiger partial charge in [0.05, 0.1) is 6.20 Å². The predicted octanol–water partition coefficient (Wildman–Crippen LogP) is 0.282. The van der Waals surface area contributed by atoms with E-state index in [0.29, 0.717) is 18.7 Å². The Balaban J connectivity index is 1.95. The molecule has 0 amide bonds. The molecule has 8 heteroatoms. The molecule has 1 fully saturated rings. The van der Waals surface area contributed by atoms with Gasteiger partial charge < -0.3 is 5.32 Å². The smallest absolute Gasteiger partial charge is 0.257 e. The number of rotatable bonds is 7. The van der Waals surface area contributed by atoms with Gasteiger partial charge in [0.15, 0.2) is 5.03 Å². The third-order valence-corrected chi connectivity index (χ3v) is 5.33. The Hall–Kier alpha value is -0.960. The Morgan fingerprint density at radius 3 is 2.76 bits per heavy atom. The van der Waals surface area contributed by atoms with E-state index in [-0.39, 0.29) is 11.1 Å². The topological polar surface area (TPSA) is 90.1 Å². The predicted molar refractivity (Wildman–Crippen MR) is 81.4 cm³/mol. The molecule has 1 atom stereocenters. The van der Waals surface area contributed by atoms with Crippen molar-refractivity contribution in [2.45, 2.75) is 43.8 Å². The van der Waals surface area contributed by atoms with Crippen molar-refractivity contribution in [2.75, 3.05) is 26.7 Å². The van der Waals surface area contributed by atoms with E-state index in [4.69, 9.17) is 0 Å². The molecule has 0 saturated carbocycles. The van der Waals surface area contributed by atoms with Gasteiger partial charge in [0, 0.05) is 24.7 Å². The number of sulfonamides is 1. The molecule has 1 aromatic rings. The second-order valence-electron chi connectivity index (χ2n) is 5.55. The Kier molecular flexibility index (Phi) is 5.74. The summed E-state index contributed by atoms with van der Waals surface area (Å²) in [5.74, 6) is 0. The largest absolute Gasteiger partial charge is 0.316 e. The van der Waals surface area contributed by atoms with Gasteiger partial charge in [0.25, 0.3) is 10.0 Å². The van der Waals surface area contributed by atoms with Crippen LogP contribution in [0.1, 0.15) is 31.7 Å². The minimum absolute atomic E-state index is 0.155. The first-order valence-electron chi connectivity index (χ1n) is 7.45. The van der Waals surface area contributed by atoms with E-state index < -0.39 is 10.0 Å². The molecule has 7 nitrogen and oxygen atoms in total. The van der Waals surface area contributed by atoms with Crippen molar-refractivity contribution in [3.05, 3.63) is 11.8 Å². The average Bonchev–Trinajstić information content (AvgIpc) is 2.95. The van der Waals surface area contributed by atoms with E-state index in [0.717, 1.165) is 13.1 Å². The lowest BCUT2D eigenvalue weighted by Crippen LogP contribution is -2.44. The van der Waals surface area contributed by atoms with Crippen LogP contribution in [0.15, 0.2) is 11.2 Å². The summed E-state index contributed by atoms with van der Waals surface area (Å²) < 4.78 is 27.4. The highest BCUT2D eigenvalue weighted by Crippen LogP contribution is 2.14. The zero-order valence-corrected chi connectivity index (χ0v) is 13.5. The van der Waals surface area contributed by atoms with Crippen LogP contribution in [-0.4, -0.2) is 56.2 Å². The number of nitrogens with zero attached hydrogens (tertiary/aromatic N) is 2. The molecule has 0 bridgehead atoms. The molecule has 1 unspecified atom stereocenters. The van der Waals surface area contributed by atoms with Crippen molar-refractivity contribution in [1.82, 2.24) is 25.1 Å². The highest BCUT2D eigenvalue weighted by Gasteiger charge is 2.23. The Labute approximate surface area is 126 Å². The van der Waals surface area contributed by atoms with Crippen LogP contribution < -0.4 is 10.0 Å². The lowest BCUT2D eigenvalue weighted by atomic mass is 10.1. The third-order valence-electron chi connectivity index (χ3n) is 3.90. The molecular formula is C13H25N5O2S. The molecule has 2 heterocycles. The molecule has 21 heavy (non-hydrogen) atoms. The summed E-state index contributed by atoms with van der Waals surface area (Å²) >= 11 is 0. The van der Waals surface area contributed by atoms with Gasteiger partial charge in [-0.1, -0.05) is 6.42 Å². The first-order valence-corrected chi connectivity index (χ1v) is 8.93. The van der Waals surface area contributed by atoms with Gasteiger partial charge in [-0.15, -0.1) is 0 Å². The lowest BCUT2D eigenvalue weighted by Gasteiger charge is -2.32. The number of aromatic nitrogens is 2. The highest BCUT2D eigenvalue weighted by atomic mass is 32.2. The molecule has 1 aromatic heterocycles. The maximum absolute atomic E-state index is 12.3. The van der Waals surface area contributed by atoms with E-state index in [2.05, 4.69) is 32.1 Å². The maximum atomic E-state index is 12.3. The Bertz CT molecular complexity index is 537. The van der Waals surface area contributed by atoms with Crippen molar-refractivity contribution >= 4 is 10.0 Å². The van der Waals surface area contributed by atoms with Crippen LogP contribution in [0.5, 0.6) is 0 Å². The number of nitrogens with one attached hydrogen (secondary N) is 3. The molecule has 1 saturated heterocycles. The van der Waals surface area contributed by atoms with Crippen LogP contribution in [0.3, 0.4) is 0 Å². The molecular weight excluding hydrogens is 290 g/mol. The van der Waals surface area contributed by atoms with E-state index in [1.54, 1.807) is 13.2 Å². The first-order chi connectivity index (χ1) is 10.0. The van der Waals surface area contributed by atoms with E-state index in [9.17, 15) is 8.42 Å². The number of aromatic amines is 1. The molecule has 0 aliphatic carbocycles. The van der Waals surface area contributed by atoms with Gasteiger partial charge in [0.1, 0.15) is 0 Å². The first kappa shape index (κ1) is 16.4. The van der Waals surface area contributed by atoms with Gasteiger partial charge in [-0.2, -0.15) is 5.10 Å². The maximum Gasteiger partial charge on any atom is 0.257 e. The summed E-state index contributed by atoms with van der Waals surface area (Å²) in [6.07, 6.45) is 5.21. The van der Waals surface area contributed by atoms with Gasteiger partial charge in [-0.25, -0.2) is 13.1 Å². The SMILES string of the molecule is CNCc1cn[nH]c1S(=O)(=O)NCC(C)N1CCCCC1. The van der Waals surface area contributed by atoms with Gasteiger partial charge in [-0.3, -0.25) is 10.00 Å². The third kappa shape index (κ3) is 4.26. The Morgan fingerprint density at radius 1 is 1.38 bits per heavy atom. The summed E-state index contributed by atoms with van der Waals surface area (Å²) in [4.78, 5) is 2.34. The fourth-order valence-electron chi connectivity index (χ4n) is 2.64. The van der Waals surface area contributed by atoms with E-state index in [1.807, 2.05) is 0 Å². The molecule has 1 aliphatic heterocycles. The lowest BCUT2D eigenvalue weighted by molar-refractivity contribution is 0.175. The van der Waals surface area contributed by atoms with Crippen LogP contribution in [0.4, 0.5) is 0 Å². The van der Waals surface area contributed by atoms with Crippen molar-refractivity contribution < 1.29 is 8.42 Å². The van der Waals surface area contributed by atoms with Gasteiger partial charge in [-0.05, 0) is 39.9 Å². The van der Waals surface area contributed by atoms with Crippen molar-refractivity contribution in [3.63, 3.8) is 0 Å². The Morgan fingerprint density at radius 2 is 2.10 bits per heavy atom. The van der Waals surface area contributed by atoms with Crippen LogP contribution in [0, 0.1) is 0 Å². The standard InChI is InChI=1S/C13H25N5O2S/c1-11(18-6-4-3-5-7-18)8-16-21(19,20)13-12(9-14-2)10-15-17-13/h10-11,14,16H,3-9H2,1-2H3,(H,15,17). The molecule has 120 valence electrons. The van der Waals surface area contributed by atoms with Crippen molar-refractivity contribution in [3.8, 4) is 0 Å². The number of H-pyrrole nitrogens is 1. The van der Waals surface area contributed by atoms with Crippen LogP contribution in [0.25, 0.3) is 0 Å². The summed E-state index contributed by atoms with van der Waals surface area (Å²) in [6, 6.07) is 0.204. The second-order valence-corrected chi connectivity index (χ2v) is 7.26. The average molecular weight is 315 g/mol. The number of likely N-dealkylation sites (tertiary alicyclic amines) is 1. The summed E-state index contributed by atoms with van der Waals surface area (Å²) in [5.41, 5.74) is 0.649. The second kappa shape index (κ2) is 7.35. The number of piperidine rings is 1. The number of hydrogen-bond acceptors (Lipinski definition) is 5. The fourth-order valence-corrected chi connectivity index (χ4v) is 3.89. The van der Waals surface area contributed by atoms with Crippen LogP contribution in [-0.2, 0) is 16.6 Å². The zero-order valence-electron chi connectivity index (χ0n) is 12.7. The van der Waals surface area contributed by atoms with Crippen molar-refractivity contribution in [2.24, 2.45) is 0 Å². The molecule has 3 N–H and O–H groups in total. The van der Waals surface area contributed by atoms with Crippen LogP contribution in [0.2, 0.25) is 0 Å². The highest BCUT2D eigenvalue weighted by molar-refractivity contribution is 7.89. The zero-order chi connectivity index (χ0) is 15.3. The van der Waals surface area contributed by atoms with Crippen molar-refractivity contribution in [1.29, 1.82) is 0 Å². The minimum Gasteiger partial charge on any atom is -0.316 e. The monoisotopic (exact) mass is 315 g/mol. The molecule has 2 rings (SSSR count). The summed E-state index contributed by atoms with van der Waals surface area (Å²) in [5, 5.41) is 9.50. The molecule has 1 aliphatic rings. The van der Waals surface area contributed by atoms with Crippen LogP contribution >= 0.6 is 0 Å². The molecule has 0 radical (unpaired) electrons. The van der Waals surface area contributed by atoms with E-state index in [1.165, 1.54) is 19.3 Å². The molecule has 0 spiro atoms. The quantitative estimate of drug-likeness (QED) is 0.672. The van der Waals surface area contributed by atoms with Gasteiger partial charge >= 0.3 is 0 Å². The molecule has 0 aromatic carbocycles. The summed E-state index contributed by atoms with van der Waals surface area (Å²) in [6.45, 7) is 5.06. The minimum atomic E-state index is -3.54. The van der Waals surface area contributed by atoms with Gasteiger partial charge in [0.2, 0.25) is 0 Å². The summed E-state index contributed by atoms with van der Waals surface area (Å²) in [7, 11) is -1.77.